The standard InChI is InChI=1S/C14H7N3O/c1-2-9-8(11-6-15-5-7(1)11)3-4-10-12(9)16-14-17-13(10)18-14/h1-6H,(H,16,17). The van der Waals surface area contributed by atoms with Crippen LogP contribution in [0.25, 0.3) is 44.0 Å². The summed E-state index contributed by atoms with van der Waals surface area (Å²) in [6.45, 7) is 0. The summed E-state index contributed by atoms with van der Waals surface area (Å²) in [4.78, 5) is 11.7. The molecule has 2 bridgehead atoms. The number of rotatable bonds is 0. The summed E-state index contributed by atoms with van der Waals surface area (Å²) < 4.78 is 5.37. The van der Waals surface area contributed by atoms with Crippen LogP contribution < -0.4 is 0 Å². The largest absolute Gasteiger partial charge is 0.408 e. The van der Waals surface area contributed by atoms with E-state index in [-0.39, 0.29) is 0 Å². The first-order valence-corrected chi connectivity index (χ1v) is 5.77. The maximum atomic E-state index is 5.37. The molecule has 1 N–H and O–H groups in total. The molecule has 4 heterocycles. The second-order valence-corrected chi connectivity index (χ2v) is 4.51. The Kier molecular flexibility index (Phi) is 1.23. The first-order chi connectivity index (χ1) is 8.90. The van der Waals surface area contributed by atoms with E-state index in [9.17, 15) is 0 Å². The molecular formula is C14H7N3O. The molecule has 0 aliphatic carbocycles. The van der Waals surface area contributed by atoms with Crippen molar-refractivity contribution in [3.8, 4) is 0 Å². The molecule has 0 fully saturated rings. The van der Waals surface area contributed by atoms with E-state index in [1.54, 1.807) is 0 Å². The van der Waals surface area contributed by atoms with Gasteiger partial charge in [-0.25, -0.2) is 0 Å². The van der Waals surface area contributed by atoms with Gasteiger partial charge in [-0.05, 0) is 11.5 Å². The van der Waals surface area contributed by atoms with Crippen LogP contribution in [0.1, 0.15) is 0 Å². The molecule has 0 unspecified atom stereocenters. The lowest BCUT2D eigenvalue weighted by Gasteiger charge is -2.09. The average Bonchev–Trinajstić information content (AvgIpc) is 2.84. The predicted molar refractivity (Wildman–Crippen MR) is 69.9 cm³/mol. The zero-order valence-corrected chi connectivity index (χ0v) is 9.27. The molecule has 0 radical (unpaired) electrons. The summed E-state index contributed by atoms with van der Waals surface area (Å²) in [6.07, 6.45) is 3.79. The molecule has 0 aliphatic rings. The summed E-state index contributed by atoms with van der Waals surface area (Å²) in [5.74, 6) is 0.589. The molecule has 4 aromatic heterocycles. The van der Waals surface area contributed by atoms with Crippen LogP contribution in [-0.2, 0) is 0 Å². The van der Waals surface area contributed by atoms with E-state index in [0.29, 0.717) is 5.84 Å². The third-order valence-corrected chi connectivity index (χ3v) is 3.54. The first-order valence-electron chi connectivity index (χ1n) is 5.77. The summed E-state index contributed by atoms with van der Waals surface area (Å²) >= 11 is 0. The molecule has 0 atom stereocenters. The minimum absolute atomic E-state index is 0.589. The number of aromatic nitrogens is 3. The lowest BCUT2D eigenvalue weighted by Crippen LogP contribution is -1.93. The van der Waals surface area contributed by atoms with Crippen LogP contribution in [0.3, 0.4) is 0 Å². The Hall–Kier alpha value is -2.62. The van der Waals surface area contributed by atoms with E-state index >= 15 is 0 Å². The van der Waals surface area contributed by atoms with Crippen molar-refractivity contribution in [3.63, 3.8) is 0 Å². The fourth-order valence-electron chi connectivity index (χ4n) is 2.66. The number of H-pyrrole nitrogens is 1. The van der Waals surface area contributed by atoms with Gasteiger partial charge in [-0.15, -0.1) is 0 Å². The topological polar surface area (TPSA) is 54.7 Å². The van der Waals surface area contributed by atoms with Crippen LogP contribution in [0.2, 0.25) is 0 Å². The van der Waals surface area contributed by atoms with Crippen LogP contribution in [0, 0.1) is 0 Å². The van der Waals surface area contributed by atoms with Crippen molar-refractivity contribution in [1.29, 1.82) is 0 Å². The van der Waals surface area contributed by atoms with Gasteiger partial charge in [0.15, 0.2) is 0 Å². The Morgan fingerprint density at radius 3 is 2.67 bits per heavy atom. The quantitative estimate of drug-likeness (QED) is 0.417. The molecule has 0 spiro atoms. The lowest BCUT2D eigenvalue weighted by atomic mass is 10.0. The summed E-state index contributed by atoms with van der Waals surface area (Å²) in [5, 5.41) is 5.70. The molecule has 0 amide bonds. The third kappa shape index (κ3) is 0.841. The summed E-state index contributed by atoms with van der Waals surface area (Å²) in [7, 11) is 0. The number of hydrogen-bond donors (Lipinski definition) is 1. The monoisotopic (exact) mass is 233 g/mol. The average molecular weight is 233 g/mol. The molecule has 6 aromatic rings. The zero-order chi connectivity index (χ0) is 11.7. The predicted octanol–water partition coefficient (Wildman–Crippen LogP) is 3.45. The number of benzene rings is 2. The molecule has 2 aromatic carbocycles. The first kappa shape index (κ1) is 8.47. The smallest absolute Gasteiger partial charge is 0.303 e. The normalized spacial score (nSPS) is 12.4. The molecular weight excluding hydrogens is 226 g/mol. The highest BCUT2D eigenvalue weighted by atomic mass is 16.4. The Balaban J connectivity index is 2.13. The van der Waals surface area contributed by atoms with E-state index in [1.807, 2.05) is 18.5 Å². The van der Waals surface area contributed by atoms with Gasteiger partial charge < -0.3 is 4.42 Å². The lowest BCUT2D eigenvalue weighted by molar-refractivity contribution is 0.568. The molecule has 4 nitrogen and oxygen atoms in total. The number of fused-ring (bicyclic) bond motifs is 3. The second kappa shape index (κ2) is 2.61. The van der Waals surface area contributed by atoms with Gasteiger partial charge in [0.2, 0.25) is 5.71 Å². The SMILES string of the molecule is c1cc2c(ccc3c4[nH]c(nc32)o4)c2cncc12. The minimum atomic E-state index is 0.589. The third-order valence-electron chi connectivity index (χ3n) is 3.54. The van der Waals surface area contributed by atoms with E-state index in [1.165, 1.54) is 10.8 Å². The van der Waals surface area contributed by atoms with Crippen LogP contribution in [0.5, 0.6) is 0 Å². The van der Waals surface area contributed by atoms with E-state index < -0.39 is 0 Å². The van der Waals surface area contributed by atoms with Crippen molar-refractivity contribution in [2.45, 2.75) is 0 Å². The Labute approximate surface area is 101 Å². The molecule has 6 rings (SSSR count). The minimum Gasteiger partial charge on any atom is -0.408 e. The van der Waals surface area contributed by atoms with Crippen molar-refractivity contribution >= 4 is 44.0 Å². The Morgan fingerprint density at radius 2 is 1.72 bits per heavy atom. The number of nitrogens with zero attached hydrogens (tertiary/aromatic N) is 2. The van der Waals surface area contributed by atoms with E-state index in [0.717, 1.165) is 27.4 Å². The molecule has 0 saturated heterocycles. The Bertz CT molecular complexity index is 999. The maximum absolute atomic E-state index is 5.37. The Morgan fingerprint density at radius 1 is 0.889 bits per heavy atom. The second-order valence-electron chi connectivity index (χ2n) is 4.51. The fourth-order valence-corrected chi connectivity index (χ4v) is 2.66. The summed E-state index contributed by atoms with van der Waals surface area (Å²) in [5.41, 5.74) is 1.79. The van der Waals surface area contributed by atoms with Crippen molar-refractivity contribution in [2.75, 3.05) is 0 Å². The van der Waals surface area contributed by atoms with Crippen LogP contribution >= 0.6 is 0 Å². The number of hydrogen-bond acceptors (Lipinski definition) is 3. The van der Waals surface area contributed by atoms with Gasteiger partial charge in [-0.1, -0.05) is 18.2 Å². The van der Waals surface area contributed by atoms with Gasteiger partial charge >= 0.3 is 5.84 Å². The zero-order valence-electron chi connectivity index (χ0n) is 9.27. The maximum Gasteiger partial charge on any atom is 0.303 e. The highest BCUT2D eigenvalue weighted by Crippen LogP contribution is 2.33. The molecule has 4 heteroatoms. The van der Waals surface area contributed by atoms with Gasteiger partial charge in [0, 0.05) is 28.6 Å². The molecule has 0 saturated carbocycles. The number of nitrogens with one attached hydrogen (secondary N) is 1. The molecule has 0 aliphatic heterocycles. The van der Waals surface area contributed by atoms with E-state index in [2.05, 4.69) is 33.2 Å². The van der Waals surface area contributed by atoms with Crippen molar-refractivity contribution < 1.29 is 4.42 Å². The van der Waals surface area contributed by atoms with Crippen molar-refractivity contribution in [2.24, 2.45) is 0 Å². The van der Waals surface area contributed by atoms with Gasteiger partial charge in [0.1, 0.15) is 0 Å². The van der Waals surface area contributed by atoms with Gasteiger partial charge in [-0.2, -0.15) is 4.98 Å². The van der Waals surface area contributed by atoms with Crippen LogP contribution in [0.4, 0.5) is 0 Å². The highest BCUT2D eigenvalue weighted by Gasteiger charge is 2.12. The highest BCUT2D eigenvalue weighted by molar-refractivity contribution is 6.18. The molecule has 84 valence electrons. The fraction of sp³-hybridized carbons (Fsp3) is 0. The van der Waals surface area contributed by atoms with Gasteiger partial charge in [-0.3, -0.25) is 9.97 Å². The molecule has 18 heavy (non-hydrogen) atoms. The van der Waals surface area contributed by atoms with Crippen molar-refractivity contribution in [1.82, 2.24) is 15.0 Å². The van der Waals surface area contributed by atoms with Crippen molar-refractivity contribution in [3.05, 3.63) is 36.7 Å². The van der Waals surface area contributed by atoms with Gasteiger partial charge in [0.25, 0.3) is 0 Å². The van der Waals surface area contributed by atoms with Crippen LogP contribution in [0.15, 0.2) is 41.1 Å². The van der Waals surface area contributed by atoms with E-state index in [4.69, 9.17) is 4.42 Å². The van der Waals surface area contributed by atoms with Gasteiger partial charge in [0.05, 0.1) is 10.9 Å². The van der Waals surface area contributed by atoms with Crippen LogP contribution in [-0.4, -0.2) is 15.0 Å². The summed E-state index contributed by atoms with van der Waals surface area (Å²) in [6, 6.07) is 8.35. The number of aromatic amines is 1.